The number of methoxy groups -OCH3 is 1. The molecule has 0 spiro atoms. The first kappa shape index (κ1) is 17.1. The molecule has 0 fully saturated rings. The van der Waals surface area contributed by atoms with Crippen LogP contribution in [0.25, 0.3) is 0 Å². The van der Waals surface area contributed by atoms with Crippen molar-refractivity contribution in [1.29, 1.82) is 0 Å². The fourth-order valence-electron chi connectivity index (χ4n) is 1.71. The molecule has 0 saturated carbocycles. The van der Waals surface area contributed by atoms with Crippen LogP contribution in [0.2, 0.25) is 5.02 Å². The van der Waals surface area contributed by atoms with Crippen molar-refractivity contribution >= 4 is 11.6 Å². The Bertz CT molecular complexity index is 427. The van der Waals surface area contributed by atoms with Crippen molar-refractivity contribution in [2.45, 2.75) is 25.1 Å². The van der Waals surface area contributed by atoms with E-state index in [1.807, 2.05) is 0 Å². The van der Waals surface area contributed by atoms with Crippen molar-refractivity contribution in [3.8, 4) is 5.75 Å². The number of halogens is 4. The number of ether oxygens (including phenoxy) is 2. The molecule has 0 bridgehead atoms. The Hall–Kier alpha value is -0.980. The summed E-state index contributed by atoms with van der Waals surface area (Å²) in [5.41, 5.74) is 6.69. The fraction of sp³-hybridized carbons (Fsp3) is 0.538. The summed E-state index contributed by atoms with van der Waals surface area (Å²) in [6.07, 6.45) is -3.52. The molecule has 20 heavy (non-hydrogen) atoms. The third-order valence-corrected chi connectivity index (χ3v) is 2.86. The van der Waals surface area contributed by atoms with E-state index in [0.717, 1.165) is 5.56 Å². The highest BCUT2D eigenvalue weighted by molar-refractivity contribution is 6.30. The van der Waals surface area contributed by atoms with Crippen molar-refractivity contribution in [2.24, 2.45) is 5.73 Å². The topological polar surface area (TPSA) is 44.5 Å². The lowest BCUT2D eigenvalue weighted by Gasteiger charge is -2.15. The number of nitrogens with two attached hydrogens (primary N) is 1. The van der Waals surface area contributed by atoms with Crippen molar-refractivity contribution in [2.75, 3.05) is 20.3 Å². The molecule has 0 heterocycles. The highest BCUT2D eigenvalue weighted by Crippen LogP contribution is 2.24. The van der Waals surface area contributed by atoms with E-state index in [1.54, 1.807) is 18.2 Å². The molecule has 114 valence electrons. The first-order valence-electron chi connectivity index (χ1n) is 6.04. The van der Waals surface area contributed by atoms with Gasteiger partial charge in [-0.2, -0.15) is 13.2 Å². The van der Waals surface area contributed by atoms with Gasteiger partial charge in [-0.15, -0.1) is 0 Å². The molecular formula is C13H17ClF3NO2. The van der Waals surface area contributed by atoms with Crippen LogP contribution >= 0.6 is 11.6 Å². The zero-order valence-corrected chi connectivity index (χ0v) is 11.8. The Morgan fingerprint density at radius 1 is 1.35 bits per heavy atom. The Morgan fingerprint density at radius 2 is 2.05 bits per heavy atom. The van der Waals surface area contributed by atoms with Crippen LogP contribution in [0.3, 0.4) is 0 Å². The molecule has 0 amide bonds. The molecule has 0 radical (unpaired) electrons. The van der Waals surface area contributed by atoms with E-state index in [2.05, 4.69) is 4.74 Å². The van der Waals surface area contributed by atoms with Gasteiger partial charge in [0.15, 0.2) is 0 Å². The Labute approximate surface area is 120 Å². The number of rotatable bonds is 7. The monoisotopic (exact) mass is 311 g/mol. The number of hydrogen-bond acceptors (Lipinski definition) is 3. The van der Waals surface area contributed by atoms with E-state index in [-0.39, 0.29) is 12.6 Å². The second kappa shape index (κ2) is 7.71. The highest BCUT2D eigenvalue weighted by Gasteiger charge is 2.27. The second-order valence-corrected chi connectivity index (χ2v) is 4.81. The van der Waals surface area contributed by atoms with Crippen molar-refractivity contribution < 1.29 is 22.6 Å². The predicted octanol–water partition coefficient (Wildman–Crippen LogP) is 3.19. The molecular weight excluding hydrogens is 295 g/mol. The molecule has 1 aromatic carbocycles. The minimum Gasteiger partial charge on any atom is -0.496 e. The van der Waals surface area contributed by atoms with E-state index in [0.29, 0.717) is 23.6 Å². The normalized spacial score (nSPS) is 13.3. The number of alkyl halides is 3. The molecule has 1 atom stereocenters. The van der Waals surface area contributed by atoms with Gasteiger partial charge in [0.1, 0.15) is 12.4 Å². The average Bonchev–Trinajstić information content (AvgIpc) is 2.34. The Balaban J connectivity index is 2.42. The second-order valence-electron chi connectivity index (χ2n) is 4.38. The maximum absolute atomic E-state index is 11.9. The smallest absolute Gasteiger partial charge is 0.411 e. The van der Waals surface area contributed by atoms with Gasteiger partial charge in [-0.3, -0.25) is 0 Å². The first-order valence-corrected chi connectivity index (χ1v) is 6.42. The maximum atomic E-state index is 11.9. The lowest BCUT2D eigenvalue weighted by Crippen LogP contribution is -2.26. The molecule has 2 N–H and O–H groups in total. The third kappa shape index (κ3) is 6.45. The van der Waals surface area contributed by atoms with Gasteiger partial charge in [0, 0.05) is 17.7 Å². The van der Waals surface area contributed by atoms with Crippen LogP contribution in [0.5, 0.6) is 5.75 Å². The van der Waals surface area contributed by atoms with Gasteiger partial charge in [-0.1, -0.05) is 11.6 Å². The SMILES string of the molecule is COc1ccc(Cl)cc1CC(N)CCOCC(F)(F)F. The molecule has 0 aliphatic carbocycles. The summed E-state index contributed by atoms with van der Waals surface area (Å²) in [6.45, 7) is -1.29. The van der Waals surface area contributed by atoms with Crippen LogP contribution in [0.4, 0.5) is 13.2 Å². The van der Waals surface area contributed by atoms with Crippen LogP contribution in [0.1, 0.15) is 12.0 Å². The number of benzene rings is 1. The Kier molecular flexibility index (Phi) is 6.58. The lowest BCUT2D eigenvalue weighted by atomic mass is 10.0. The van der Waals surface area contributed by atoms with E-state index in [1.165, 1.54) is 7.11 Å². The van der Waals surface area contributed by atoms with Gasteiger partial charge in [0.2, 0.25) is 0 Å². The predicted molar refractivity (Wildman–Crippen MR) is 71.2 cm³/mol. The van der Waals surface area contributed by atoms with Gasteiger partial charge < -0.3 is 15.2 Å². The molecule has 1 rings (SSSR count). The minimum atomic E-state index is -4.31. The van der Waals surface area contributed by atoms with Crippen LogP contribution < -0.4 is 10.5 Å². The van der Waals surface area contributed by atoms with Gasteiger partial charge in [0.25, 0.3) is 0 Å². The van der Waals surface area contributed by atoms with Crippen molar-refractivity contribution in [1.82, 2.24) is 0 Å². The van der Waals surface area contributed by atoms with E-state index in [9.17, 15) is 13.2 Å². The van der Waals surface area contributed by atoms with Gasteiger partial charge in [0.05, 0.1) is 7.11 Å². The molecule has 0 aliphatic heterocycles. The van der Waals surface area contributed by atoms with Crippen LogP contribution in [-0.4, -0.2) is 32.5 Å². The third-order valence-electron chi connectivity index (χ3n) is 2.62. The summed E-state index contributed by atoms with van der Waals surface area (Å²) in [7, 11) is 1.53. The van der Waals surface area contributed by atoms with E-state index < -0.39 is 12.8 Å². The first-order chi connectivity index (χ1) is 9.31. The quantitative estimate of drug-likeness (QED) is 0.787. The molecule has 0 saturated heterocycles. The maximum Gasteiger partial charge on any atom is 0.411 e. The zero-order valence-electron chi connectivity index (χ0n) is 11.0. The lowest BCUT2D eigenvalue weighted by molar-refractivity contribution is -0.174. The van der Waals surface area contributed by atoms with Crippen molar-refractivity contribution in [3.63, 3.8) is 0 Å². The molecule has 3 nitrogen and oxygen atoms in total. The van der Waals surface area contributed by atoms with Crippen LogP contribution in [0, 0.1) is 0 Å². The average molecular weight is 312 g/mol. The minimum absolute atomic E-state index is 0.0381. The molecule has 0 aliphatic rings. The van der Waals surface area contributed by atoms with Crippen LogP contribution in [-0.2, 0) is 11.2 Å². The Morgan fingerprint density at radius 3 is 2.65 bits per heavy atom. The highest BCUT2D eigenvalue weighted by atomic mass is 35.5. The standard InChI is InChI=1S/C13H17ClF3NO2/c1-19-12-3-2-10(14)6-9(12)7-11(18)4-5-20-8-13(15,16)17/h2-3,6,11H,4-5,7-8,18H2,1H3. The van der Waals surface area contributed by atoms with Gasteiger partial charge >= 0.3 is 6.18 Å². The van der Waals surface area contributed by atoms with Crippen molar-refractivity contribution in [3.05, 3.63) is 28.8 Å². The van der Waals surface area contributed by atoms with E-state index in [4.69, 9.17) is 22.1 Å². The zero-order chi connectivity index (χ0) is 15.2. The number of hydrogen-bond donors (Lipinski definition) is 1. The molecule has 7 heteroatoms. The summed E-state index contributed by atoms with van der Waals surface area (Å²) in [5.74, 6) is 0.654. The molecule has 0 aromatic heterocycles. The van der Waals surface area contributed by atoms with E-state index >= 15 is 0 Å². The summed E-state index contributed by atoms with van der Waals surface area (Å²) in [5, 5.41) is 0.557. The molecule has 1 unspecified atom stereocenters. The summed E-state index contributed by atoms with van der Waals surface area (Å²) in [6, 6.07) is 4.83. The summed E-state index contributed by atoms with van der Waals surface area (Å²) < 4.78 is 45.3. The summed E-state index contributed by atoms with van der Waals surface area (Å²) in [4.78, 5) is 0. The van der Waals surface area contributed by atoms with Crippen LogP contribution in [0.15, 0.2) is 18.2 Å². The fourth-order valence-corrected chi connectivity index (χ4v) is 1.91. The molecule has 1 aromatic rings. The largest absolute Gasteiger partial charge is 0.496 e. The van der Waals surface area contributed by atoms with Gasteiger partial charge in [-0.25, -0.2) is 0 Å². The van der Waals surface area contributed by atoms with Gasteiger partial charge in [-0.05, 0) is 36.6 Å². The summed E-state index contributed by atoms with van der Waals surface area (Å²) >= 11 is 5.89.